The molecule has 2 unspecified atom stereocenters. The van der Waals surface area contributed by atoms with Gasteiger partial charge in [-0.15, -0.1) is 0 Å². The Bertz CT molecular complexity index is 372. The number of aliphatic hydroxyl groups excluding tert-OH is 1. The normalized spacial score (nSPS) is 22.6. The quantitative estimate of drug-likeness (QED) is 0.925. The molecule has 0 radical (unpaired) electrons. The van der Waals surface area contributed by atoms with Crippen molar-refractivity contribution in [1.82, 2.24) is 4.90 Å². The predicted molar refractivity (Wildman–Crippen MR) is 71.2 cm³/mol. The van der Waals surface area contributed by atoms with Crippen LogP contribution < -0.4 is 4.74 Å². The SMILES string of the molecule is CN1CCC(C(O)COc2cccc(Br)c2)C1. The van der Waals surface area contributed by atoms with Crippen molar-refractivity contribution in [2.45, 2.75) is 12.5 Å². The molecule has 0 saturated carbocycles. The standard InChI is InChI=1S/C13H18BrNO2/c1-15-6-5-10(8-15)13(16)9-17-12-4-2-3-11(14)7-12/h2-4,7,10,13,16H,5-6,8-9H2,1H3. The minimum absolute atomic E-state index is 0.340. The third kappa shape index (κ3) is 3.69. The van der Waals surface area contributed by atoms with Gasteiger partial charge in [0.15, 0.2) is 0 Å². The molecule has 17 heavy (non-hydrogen) atoms. The highest BCUT2D eigenvalue weighted by Gasteiger charge is 2.26. The first-order chi connectivity index (χ1) is 8.15. The largest absolute Gasteiger partial charge is 0.491 e. The molecule has 1 heterocycles. The Kier molecular flexibility index (Phi) is 4.42. The first-order valence-corrected chi connectivity index (χ1v) is 6.69. The highest BCUT2D eigenvalue weighted by molar-refractivity contribution is 9.10. The Labute approximate surface area is 111 Å². The van der Waals surface area contributed by atoms with E-state index in [0.29, 0.717) is 12.5 Å². The van der Waals surface area contributed by atoms with Crippen LogP contribution in [0.5, 0.6) is 5.75 Å². The van der Waals surface area contributed by atoms with Crippen LogP contribution in [0.4, 0.5) is 0 Å². The molecule has 94 valence electrons. The maximum Gasteiger partial charge on any atom is 0.120 e. The molecule has 0 spiro atoms. The smallest absolute Gasteiger partial charge is 0.120 e. The average molecular weight is 300 g/mol. The maximum atomic E-state index is 10.0. The van der Waals surface area contributed by atoms with Crippen LogP contribution in [-0.2, 0) is 0 Å². The van der Waals surface area contributed by atoms with E-state index in [1.54, 1.807) is 0 Å². The minimum atomic E-state index is -0.376. The van der Waals surface area contributed by atoms with Crippen molar-refractivity contribution in [3.05, 3.63) is 28.7 Å². The lowest BCUT2D eigenvalue weighted by Crippen LogP contribution is -2.29. The Hall–Kier alpha value is -0.580. The van der Waals surface area contributed by atoms with Crippen LogP contribution in [0.15, 0.2) is 28.7 Å². The highest BCUT2D eigenvalue weighted by atomic mass is 79.9. The monoisotopic (exact) mass is 299 g/mol. The summed E-state index contributed by atoms with van der Waals surface area (Å²) >= 11 is 3.39. The van der Waals surface area contributed by atoms with Gasteiger partial charge in [-0.1, -0.05) is 22.0 Å². The number of hydrogen-bond donors (Lipinski definition) is 1. The maximum absolute atomic E-state index is 10.0. The number of benzene rings is 1. The number of aliphatic hydroxyl groups is 1. The fraction of sp³-hybridized carbons (Fsp3) is 0.538. The van der Waals surface area contributed by atoms with E-state index in [1.165, 1.54) is 0 Å². The molecule has 0 bridgehead atoms. The average Bonchev–Trinajstić information content (AvgIpc) is 2.73. The Balaban J connectivity index is 1.81. The van der Waals surface area contributed by atoms with Gasteiger partial charge in [0.05, 0.1) is 6.10 Å². The number of likely N-dealkylation sites (tertiary alicyclic amines) is 1. The van der Waals surface area contributed by atoms with E-state index in [0.717, 1.165) is 29.7 Å². The van der Waals surface area contributed by atoms with Gasteiger partial charge in [-0.05, 0) is 38.2 Å². The molecular formula is C13H18BrNO2. The topological polar surface area (TPSA) is 32.7 Å². The van der Waals surface area contributed by atoms with Crippen LogP contribution in [0.1, 0.15) is 6.42 Å². The van der Waals surface area contributed by atoms with Crippen LogP contribution in [0.3, 0.4) is 0 Å². The Morgan fingerprint density at radius 2 is 2.41 bits per heavy atom. The molecule has 1 aliphatic rings. The summed E-state index contributed by atoms with van der Waals surface area (Å²) in [6.07, 6.45) is 0.679. The van der Waals surface area contributed by atoms with Crippen molar-refractivity contribution in [3.63, 3.8) is 0 Å². The van der Waals surface area contributed by atoms with Gasteiger partial charge in [0, 0.05) is 16.9 Å². The van der Waals surface area contributed by atoms with Crippen LogP contribution in [0, 0.1) is 5.92 Å². The van der Waals surface area contributed by atoms with Crippen LogP contribution in [-0.4, -0.2) is 42.9 Å². The summed E-state index contributed by atoms with van der Waals surface area (Å²) < 4.78 is 6.59. The summed E-state index contributed by atoms with van der Waals surface area (Å²) in [5.74, 6) is 1.14. The minimum Gasteiger partial charge on any atom is -0.491 e. The zero-order chi connectivity index (χ0) is 12.3. The number of nitrogens with zero attached hydrogens (tertiary/aromatic N) is 1. The number of halogens is 1. The predicted octanol–water partition coefficient (Wildman–Crippen LogP) is 2.14. The van der Waals surface area contributed by atoms with Crippen molar-refractivity contribution >= 4 is 15.9 Å². The van der Waals surface area contributed by atoms with Crippen LogP contribution >= 0.6 is 15.9 Å². The molecule has 0 aromatic heterocycles. The van der Waals surface area contributed by atoms with E-state index < -0.39 is 0 Å². The van der Waals surface area contributed by atoms with Gasteiger partial charge in [-0.25, -0.2) is 0 Å². The molecular weight excluding hydrogens is 282 g/mol. The molecule has 1 aromatic carbocycles. The van der Waals surface area contributed by atoms with Gasteiger partial charge < -0.3 is 14.7 Å². The van der Waals surface area contributed by atoms with Gasteiger partial charge in [0.1, 0.15) is 12.4 Å². The summed E-state index contributed by atoms with van der Waals surface area (Å²) in [4.78, 5) is 2.24. The molecule has 1 fully saturated rings. The second-order valence-electron chi connectivity index (χ2n) is 4.65. The molecule has 2 atom stereocenters. The molecule has 4 heteroatoms. The third-order valence-electron chi connectivity index (χ3n) is 3.19. The Morgan fingerprint density at radius 3 is 3.06 bits per heavy atom. The summed E-state index contributed by atoms with van der Waals surface area (Å²) in [6.45, 7) is 2.40. The summed E-state index contributed by atoms with van der Waals surface area (Å²) in [5, 5.41) is 10.0. The molecule has 0 amide bonds. The van der Waals surface area contributed by atoms with Crippen LogP contribution in [0.2, 0.25) is 0 Å². The van der Waals surface area contributed by atoms with E-state index in [4.69, 9.17) is 4.74 Å². The first kappa shape index (κ1) is 12.9. The molecule has 1 N–H and O–H groups in total. The van der Waals surface area contributed by atoms with Gasteiger partial charge in [-0.2, -0.15) is 0 Å². The summed E-state index contributed by atoms with van der Waals surface area (Å²) in [6, 6.07) is 7.69. The number of ether oxygens (including phenoxy) is 1. The molecule has 2 rings (SSSR count). The van der Waals surface area contributed by atoms with Gasteiger partial charge in [0.25, 0.3) is 0 Å². The van der Waals surface area contributed by atoms with Gasteiger partial charge in [0.2, 0.25) is 0 Å². The lowest BCUT2D eigenvalue weighted by molar-refractivity contribution is 0.0607. The molecule has 0 aliphatic carbocycles. The van der Waals surface area contributed by atoms with Gasteiger partial charge in [-0.3, -0.25) is 0 Å². The van der Waals surface area contributed by atoms with E-state index in [1.807, 2.05) is 24.3 Å². The third-order valence-corrected chi connectivity index (χ3v) is 3.68. The molecule has 1 saturated heterocycles. The first-order valence-electron chi connectivity index (χ1n) is 5.90. The Morgan fingerprint density at radius 1 is 1.59 bits per heavy atom. The van der Waals surface area contributed by atoms with Crippen molar-refractivity contribution in [3.8, 4) is 5.75 Å². The second kappa shape index (κ2) is 5.85. The van der Waals surface area contributed by atoms with E-state index in [-0.39, 0.29) is 6.10 Å². The van der Waals surface area contributed by atoms with Gasteiger partial charge >= 0.3 is 0 Å². The van der Waals surface area contributed by atoms with E-state index in [9.17, 15) is 5.11 Å². The molecule has 3 nitrogen and oxygen atoms in total. The van der Waals surface area contributed by atoms with Crippen molar-refractivity contribution in [1.29, 1.82) is 0 Å². The number of rotatable bonds is 4. The highest BCUT2D eigenvalue weighted by Crippen LogP contribution is 2.21. The fourth-order valence-corrected chi connectivity index (χ4v) is 2.54. The zero-order valence-corrected chi connectivity index (χ0v) is 11.6. The van der Waals surface area contributed by atoms with Crippen molar-refractivity contribution in [2.75, 3.05) is 26.7 Å². The van der Waals surface area contributed by atoms with E-state index >= 15 is 0 Å². The lowest BCUT2D eigenvalue weighted by atomic mass is 10.0. The summed E-state index contributed by atoms with van der Waals surface area (Å²) in [5.41, 5.74) is 0. The van der Waals surface area contributed by atoms with Crippen molar-refractivity contribution in [2.24, 2.45) is 5.92 Å². The van der Waals surface area contributed by atoms with Crippen LogP contribution in [0.25, 0.3) is 0 Å². The van der Waals surface area contributed by atoms with Crippen molar-refractivity contribution < 1.29 is 9.84 Å². The summed E-state index contributed by atoms with van der Waals surface area (Å²) in [7, 11) is 2.09. The lowest BCUT2D eigenvalue weighted by Gasteiger charge is -2.18. The number of hydrogen-bond acceptors (Lipinski definition) is 3. The molecule has 1 aliphatic heterocycles. The zero-order valence-electron chi connectivity index (χ0n) is 9.97. The van der Waals surface area contributed by atoms with E-state index in [2.05, 4.69) is 27.9 Å². The fourth-order valence-electron chi connectivity index (χ4n) is 2.16. The second-order valence-corrected chi connectivity index (χ2v) is 5.56. The molecule has 1 aromatic rings.